The summed E-state index contributed by atoms with van der Waals surface area (Å²) in [7, 11) is -8.99. The lowest BCUT2D eigenvalue weighted by Gasteiger charge is -2.19. The molecule has 0 unspecified atom stereocenters. The number of nitrogens with two attached hydrogens (primary N) is 3. The third kappa shape index (κ3) is 4.24. The number of nitrogen functional groups attached to an aromatic ring is 1. The Balaban J connectivity index is 2.10. The van der Waals surface area contributed by atoms with E-state index in [2.05, 4.69) is 35.3 Å². The molecule has 9 N–H and O–H groups in total. The van der Waals surface area contributed by atoms with Gasteiger partial charge in [0.15, 0.2) is 5.95 Å². The number of sulfonamides is 2. The summed E-state index contributed by atoms with van der Waals surface area (Å²) in [6.07, 6.45) is 0.388. The summed E-state index contributed by atoms with van der Waals surface area (Å²) in [5.41, 5.74) is 13.0. The standard InChI is InChI=1S/C18H22N10O4S2/c1-2-9(8-19)26-34(31,32)13-7-6-10(11-4-3-5-12-15(11)23-18(20)22-12)14(16(13)33(21,29)30)17-24-27-28-25-17/h3-7,9,26H,2,8,19H2,1H3,(H3,20,22,23)(H2,21,29,30)(H,24,25,27,28)/t9-/m1/s1. The van der Waals surface area contributed by atoms with Gasteiger partial charge >= 0.3 is 0 Å². The van der Waals surface area contributed by atoms with Crippen LogP contribution in [0.4, 0.5) is 5.95 Å². The van der Waals surface area contributed by atoms with Crippen LogP contribution >= 0.6 is 0 Å². The molecule has 1 atom stereocenters. The predicted octanol–water partition coefficient (Wildman–Crippen LogP) is -0.345. The minimum Gasteiger partial charge on any atom is -0.369 e. The van der Waals surface area contributed by atoms with Gasteiger partial charge in [0, 0.05) is 18.2 Å². The second-order valence-electron chi connectivity index (χ2n) is 7.38. The van der Waals surface area contributed by atoms with Gasteiger partial charge in [-0.25, -0.2) is 31.7 Å². The van der Waals surface area contributed by atoms with Crippen molar-refractivity contribution in [2.45, 2.75) is 29.2 Å². The molecule has 0 aliphatic carbocycles. The number of primary sulfonamides is 1. The van der Waals surface area contributed by atoms with E-state index in [4.69, 9.17) is 16.6 Å². The molecule has 4 aromatic rings. The molecular weight excluding hydrogens is 484 g/mol. The Morgan fingerprint density at radius 1 is 1.12 bits per heavy atom. The number of fused-ring (bicyclic) bond motifs is 1. The largest absolute Gasteiger partial charge is 0.369 e. The van der Waals surface area contributed by atoms with Gasteiger partial charge in [-0.2, -0.15) is 5.21 Å². The molecule has 0 fully saturated rings. The number of aromatic nitrogens is 6. The number of tetrazole rings is 1. The summed E-state index contributed by atoms with van der Waals surface area (Å²) in [4.78, 5) is 5.90. The zero-order valence-electron chi connectivity index (χ0n) is 17.8. The minimum absolute atomic E-state index is 0.0127. The number of anilines is 1. The highest BCUT2D eigenvalue weighted by atomic mass is 32.2. The quantitative estimate of drug-likeness (QED) is 0.181. The van der Waals surface area contributed by atoms with E-state index < -0.39 is 35.9 Å². The van der Waals surface area contributed by atoms with Crippen LogP contribution in [-0.4, -0.2) is 60.0 Å². The second kappa shape index (κ2) is 8.73. The van der Waals surface area contributed by atoms with E-state index in [1.54, 1.807) is 25.1 Å². The van der Waals surface area contributed by atoms with E-state index in [9.17, 15) is 16.8 Å². The Labute approximate surface area is 194 Å². The fourth-order valence-corrected chi connectivity index (χ4v) is 6.56. The first-order valence-corrected chi connectivity index (χ1v) is 13.0. The Morgan fingerprint density at radius 3 is 2.50 bits per heavy atom. The van der Waals surface area contributed by atoms with Gasteiger partial charge in [-0.15, -0.1) is 10.2 Å². The van der Waals surface area contributed by atoms with Gasteiger partial charge in [-0.3, -0.25) is 0 Å². The first-order valence-electron chi connectivity index (χ1n) is 9.97. The number of imidazole rings is 1. The highest BCUT2D eigenvalue weighted by Crippen LogP contribution is 2.40. The van der Waals surface area contributed by atoms with E-state index in [-0.39, 0.29) is 29.4 Å². The van der Waals surface area contributed by atoms with Gasteiger partial charge in [0.05, 0.1) is 16.6 Å². The van der Waals surface area contributed by atoms with Crippen molar-refractivity contribution in [1.29, 1.82) is 0 Å². The molecular formula is C18H22N10O4S2. The van der Waals surface area contributed by atoms with Crippen LogP contribution in [0.2, 0.25) is 0 Å². The molecule has 0 spiro atoms. The van der Waals surface area contributed by atoms with Crippen LogP contribution in [0, 0.1) is 0 Å². The molecule has 4 rings (SSSR count). The average Bonchev–Trinajstić information content (AvgIpc) is 3.44. The molecule has 0 aliphatic heterocycles. The summed E-state index contributed by atoms with van der Waals surface area (Å²) >= 11 is 0. The molecule has 16 heteroatoms. The fourth-order valence-electron chi connectivity index (χ4n) is 3.62. The maximum Gasteiger partial charge on any atom is 0.242 e. The van der Waals surface area contributed by atoms with E-state index in [1.165, 1.54) is 6.07 Å². The van der Waals surface area contributed by atoms with Gasteiger partial charge in [-0.05, 0) is 29.3 Å². The molecule has 180 valence electrons. The zero-order valence-corrected chi connectivity index (χ0v) is 19.5. The fraction of sp³-hybridized carbons (Fsp3) is 0.222. The Bertz CT molecular complexity index is 1560. The molecule has 0 saturated heterocycles. The molecule has 2 aromatic carbocycles. The average molecular weight is 507 g/mol. The molecule has 2 aromatic heterocycles. The second-order valence-corrected chi connectivity index (χ2v) is 10.6. The smallest absolute Gasteiger partial charge is 0.242 e. The van der Waals surface area contributed by atoms with Crippen LogP contribution in [0.25, 0.3) is 33.5 Å². The molecule has 0 bridgehead atoms. The summed E-state index contributed by atoms with van der Waals surface area (Å²) in [5.74, 6) is -0.0338. The molecule has 0 aliphatic rings. The van der Waals surface area contributed by atoms with Crippen molar-refractivity contribution in [2.75, 3.05) is 12.3 Å². The molecule has 2 heterocycles. The third-order valence-corrected chi connectivity index (χ3v) is 7.87. The van der Waals surface area contributed by atoms with Crippen LogP contribution < -0.4 is 21.3 Å². The number of benzene rings is 2. The van der Waals surface area contributed by atoms with E-state index >= 15 is 0 Å². The van der Waals surface area contributed by atoms with Gasteiger partial charge in [0.2, 0.25) is 25.9 Å². The van der Waals surface area contributed by atoms with Gasteiger partial charge in [0.25, 0.3) is 0 Å². The first-order chi connectivity index (χ1) is 16.1. The van der Waals surface area contributed by atoms with E-state index in [0.29, 0.717) is 23.0 Å². The molecule has 34 heavy (non-hydrogen) atoms. The van der Waals surface area contributed by atoms with Crippen molar-refractivity contribution in [1.82, 2.24) is 35.3 Å². The first kappa shape index (κ1) is 23.7. The number of H-pyrrole nitrogens is 2. The summed E-state index contributed by atoms with van der Waals surface area (Å²) in [6.45, 7) is 1.75. The number of hydrogen-bond acceptors (Lipinski definition) is 10. The van der Waals surface area contributed by atoms with Gasteiger partial charge < -0.3 is 16.5 Å². The van der Waals surface area contributed by atoms with Crippen LogP contribution in [0.1, 0.15) is 13.3 Å². The number of aromatic amines is 2. The Hall–Kier alpha value is -3.44. The van der Waals surface area contributed by atoms with Crippen LogP contribution in [0.5, 0.6) is 0 Å². The van der Waals surface area contributed by atoms with Crippen LogP contribution in [0.15, 0.2) is 40.1 Å². The summed E-state index contributed by atoms with van der Waals surface area (Å²) in [5, 5.41) is 19.1. The Kier molecular flexibility index (Phi) is 6.09. The lowest BCUT2D eigenvalue weighted by Crippen LogP contribution is -2.40. The lowest BCUT2D eigenvalue weighted by molar-refractivity contribution is 0.539. The summed E-state index contributed by atoms with van der Waals surface area (Å²) in [6, 6.07) is 7.06. The van der Waals surface area contributed by atoms with Gasteiger partial charge in [-0.1, -0.05) is 25.1 Å². The van der Waals surface area contributed by atoms with Crippen molar-refractivity contribution in [3.8, 4) is 22.5 Å². The van der Waals surface area contributed by atoms with E-state index in [1.807, 2.05) is 0 Å². The van der Waals surface area contributed by atoms with Gasteiger partial charge in [0.1, 0.15) is 9.79 Å². The molecule has 0 amide bonds. The number of rotatable bonds is 8. The normalized spacial score (nSPS) is 13.4. The van der Waals surface area contributed by atoms with Crippen molar-refractivity contribution in [3.63, 3.8) is 0 Å². The van der Waals surface area contributed by atoms with Crippen molar-refractivity contribution in [3.05, 3.63) is 30.3 Å². The van der Waals surface area contributed by atoms with Crippen molar-refractivity contribution < 1.29 is 16.8 Å². The number of para-hydroxylation sites is 1. The van der Waals surface area contributed by atoms with Crippen molar-refractivity contribution in [2.24, 2.45) is 10.9 Å². The number of nitrogens with zero attached hydrogens (tertiary/aromatic N) is 4. The minimum atomic E-state index is -4.63. The van der Waals surface area contributed by atoms with Crippen LogP contribution in [-0.2, 0) is 20.0 Å². The number of nitrogens with one attached hydrogen (secondary N) is 3. The van der Waals surface area contributed by atoms with Crippen molar-refractivity contribution >= 4 is 37.0 Å². The maximum atomic E-state index is 13.2. The lowest BCUT2D eigenvalue weighted by atomic mass is 9.98. The monoisotopic (exact) mass is 506 g/mol. The SMILES string of the molecule is CC[C@H](CN)NS(=O)(=O)c1ccc(-c2cccc3[nH]c(N)nc23)c(-c2nn[nH]n2)c1S(N)(=O)=O. The highest BCUT2D eigenvalue weighted by Gasteiger charge is 2.33. The maximum absolute atomic E-state index is 13.2. The summed E-state index contributed by atoms with van der Waals surface area (Å²) < 4.78 is 54.5. The zero-order chi connectivity index (χ0) is 24.7. The Morgan fingerprint density at radius 2 is 1.88 bits per heavy atom. The molecule has 14 nitrogen and oxygen atoms in total. The molecule has 0 saturated carbocycles. The topological polar surface area (TPSA) is 242 Å². The number of hydrogen-bond donors (Lipinski definition) is 6. The molecule has 0 radical (unpaired) electrons. The third-order valence-electron chi connectivity index (χ3n) is 5.18. The predicted molar refractivity (Wildman–Crippen MR) is 124 cm³/mol. The highest BCUT2D eigenvalue weighted by molar-refractivity contribution is 7.92. The van der Waals surface area contributed by atoms with Crippen LogP contribution in [0.3, 0.4) is 0 Å². The van der Waals surface area contributed by atoms with E-state index in [0.717, 1.165) is 6.07 Å².